The SMILES string of the molecule is CCOc1ccc(/C=C2\SC(=S)N(CCC(=O)Nc3ccc(Cl)cc3)C2=O)cc1. The van der Waals surface area contributed by atoms with Crippen molar-refractivity contribution in [2.24, 2.45) is 0 Å². The van der Waals surface area contributed by atoms with E-state index in [-0.39, 0.29) is 24.8 Å². The van der Waals surface area contributed by atoms with E-state index in [0.717, 1.165) is 11.3 Å². The zero-order valence-electron chi connectivity index (χ0n) is 15.7. The van der Waals surface area contributed by atoms with Gasteiger partial charge in [0.25, 0.3) is 5.91 Å². The molecule has 29 heavy (non-hydrogen) atoms. The normalized spacial score (nSPS) is 15.1. The lowest BCUT2D eigenvalue weighted by Crippen LogP contribution is -2.31. The van der Waals surface area contributed by atoms with Crippen LogP contribution in [0, 0.1) is 0 Å². The Labute approximate surface area is 184 Å². The predicted molar refractivity (Wildman–Crippen MR) is 122 cm³/mol. The highest BCUT2D eigenvalue weighted by Crippen LogP contribution is 2.32. The molecule has 2 aromatic rings. The third kappa shape index (κ3) is 5.82. The van der Waals surface area contributed by atoms with Crippen LogP contribution in [0.5, 0.6) is 5.75 Å². The van der Waals surface area contributed by atoms with Crippen molar-refractivity contribution in [3.63, 3.8) is 0 Å². The molecule has 2 aromatic carbocycles. The maximum absolute atomic E-state index is 12.7. The molecule has 3 rings (SSSR count). The van der Waals surface area contributed by atoms with Gasteiger partial charge < -0.3 is 10.1 Å². The number of ether oxygens (including phenoxy) is 1. The molecule has 1 aliphatic rings. The molecule has 2 amide bonds. The van der Waals surface area contributed by atoms with Gasteiger partial charge in [0.2, 0.25) is 5.91 Å². The van der Waals surface area contributed by atoms with Crippen LogP contribution in [0.1, 0.15) is 18.9 Å². The first-order valence-corrected chi connectivity index (χ1v) is 10.6. The summed E-state index contributed by atoms with van der Waals surface area (Å²) in [5, 5.41) is 3.37. The molecule has 0 unspecified atom stereocenters. The van der Waals surface area contributed by atoms with Gasteiger partial charge >= 0.3 is 0 Å². The highest BCUT2D eigenvalue weighted by atomic mass is 35.5. The molecule has 0 radical (unpaired) electrons. The van der Waals surface area contributed by atoms with E-state index in [1.54, 1.807) is 30.3 Å². The molecule has 0 aromatic heterocycles. The van der Waals surface area contributed by atoms with Gasteiger partial charge in [-0.15, -0.1) is 0 Å². The van der Waals surface area contributed by atoms with Gasteiger partial charge in [-0.05, 0) is 55.0 Å². The van der Waals surface area contributed by atoms with Crippen molar-refractivity contribution in [3.8, 4) is 5.75 Å². The summed E-state index contributed by atoms with van der Waals surface area (Å²) in [5.74, 6) is 0.397. The van der Waals surface area contributed by atoms with Crippen molar-refractivity contribution >= 4 is 63.5 Å². The molecule has 1 heterocycles. The topological polar surface area (TPSA) is 58.6 Å². The summed E-state index contributed by atoms with van der Waals surface area (Å²) >= 11 is 12.4. The fourth-order valence-corrected chi connectivity index (χ4v) is 4.08. The minimum Gasteiger partial charge on any atom is -0.494 e. The van der Waals surface area contributed by atoms with Crippen LogP contribution >= 0.6 is 35.6 Å². The highest BCUT2D eigenvalue weighted by Gasteiger charge is 2.32. The zero-order chi connectivity index (χ0) is 20.8. The lowest BCUT2D eigenvalue weighted by molar-refractivity contribution is -0.122. The van der Waals surface area contributed by atoms with Crippen molar-refractivity contribution in [1.82, 2.24) is 4.90 Å². The summed E-state index contributed by atoms with van der Waals surface area (Å²) in [6.45, 7) is 2.75. The van der Waals surface area contributed by atoms with Crippen LogP contribution in [0.3, 0.4) is 0 Å². The number of nitrogens with one attached hydrogen (secondary N) is 1. The second-order valence-corrected chi connectivity index (χ2v) is 8.25. The lowest BCUT2D eigenvalue weighted by Gasteiger charge is -2.14. The summed E-state index contributed by atoms with van der Waals surface area (Å²) in [4.78, 5) is 26.8. The van der Waals surface area contributed by atoms with Gasteiger partial charge in [0.05, 0.1) is 11.5 Å². The minimum absolute atomic E-state index is 0.144. The second-order valence-electron chi connectivity index (χ2n) is 6.14. The van der Waals surface area contributed by atoms with E-state index in [1.165, 1.54) is 16.7 Å². The predicted octanol–water partition coefficient (Wildman–Crippen LogP) is 4.97. The zero-order valence-corrected chi connectivity index (χ0v) is 18.1. The van der Waals surface area contributed by atoms with Crippen LogP contribution in [0.25, 0.3) is 6.08 Å². The van der Waals surface area contributed by atoms with E-state index in [4.69, 9.17) is 28.6 Å². The van der Waals surface area contributed by atoms with Crippen LogP contribution in [-0.4, -0.2) is 34.2 Å². The number of anilines is 1. The van der Waals surface area contributed by atoms with E-state index in [1.807, 2.05) is 31.2 Å². The number of thiocarbonyl (C=S) groups is 1. The van der Waals surface area contributed by atoms with Crippen molar-refractivity contribution < 1.29 is 14.3 Å². The van der Waals surface area contributed by atoms with Crippen LogP contribution in [0.4, 0.5) is 5.69 Å². The Hall–Kier alpha value is -2.35. The van der Waals surface area contributed by atoms with Gasteiger partial charge in [-0.25, -0.2) is 0 Å². The maximum atomic E-state index is 12.7. The first kappa shape index (κ1) is 21.4. The molecule has 8 heteroatoms. The quantitative estimate of drug-likeness (QED) is 0.480. The average molecular weight is 447 g/mol. The number of halogens is 1. The van der Waals surface area contributed by atoms with E-state index in [9.17, 15) is 9.59 Å². The third-order valence-electron chi connectivity index (χ3n) is 4.05. The standard InChI is InChI=1S/C21H19ClN2O3S2/c1-2-27-17-9-3-14(4-10-17)13-18-20(26)24(21(28)29-18)12-11-19(25)23-16-7-5-15(22)6-8-16/h3-10,13H,2,11-12H2,1H3,(H,23,25)/b18-13-. The van der Waals surface area contributed by atoms with Crippen molar-refractivity contribution in [1.29, 1.82) is 0 Å². The fraction of sp³-hybridized carbons (Fsp3) is 0.190. The van der Waals surface area contributed by atoms with Crippen molar-refractivity contribution in [2.75, 3.05) is 18.5 Å². The van der Waals surface area contributed by atoms with E-state index >= 15 is 0 Å². The lowest BCUT2D eigenvalue weighted by atomic mass is 10.2. The molecule has 150 valence electrons. The number of amides is 2. The summed E-state index contributed by atoms with van der Waals surface area (Å²) in [7, 11) is 0. The number of rotatable bonds is 7. The number of thioether (sulfide) groups is 1. The fourth-order valence-electron chi connectivity index (χ4n) is 2.64. The average Bonchev–Trinajstić information content (AvgIpc) is 2.96. The van der Waals surface area contributed by atoms with Gasteiger partial charge in [0.1, 0.15) is 10.1 Å². The van der Waals surface area contributed by atoms with Crippen LogP contribution in [-0.2, 0) is 9.59 Å². The molecule has 0 saturated carbocycles. The molecular formula is C21H19ClN2O3S2. The van der Waals surface area contributed by atoms with Crippen molar-refractivity contribution in [2.45, 2.75) is 13.3 Å². The van der Waals surface area contributed by atoms with Gasteiger partial charge in [0.15, 0.2) is 0 Å². The molecule has 5 nitrogen and oxygen atoms in total. The van der Waals surface area contributed by atoms with Crippen molar-refractivity contribution in [3.05, 3.63) is 64.0 Å². The second kappa shape index (κ2) is 9.91. The Morgan fingerprint density at radius 1 is 1.21 bits per heavy atom. The number of carbonyl (C=O) groups excluding carboxylic acids is 2. The third-order valence-corrected chi connectivity index (χ3v) is 5.68. The molecule has 1 fully saturated rings. The molecule has 1 N–H and O–H groups in total. The van der Waals surface area contributed by atoms with E-state index < -0.39 is 0 Å². The van der Waals surface area contributed by atoms with Gasteiger partial charge in [-0.1, -0.05) is 47.7 Å². The summed E-state index contributed by atoms with van der Waals surface area (Å²) in [5.41, 5.74) is 1.54. The molecule has 0 spiro atoms. The van der Waals surface area contributed by atoms with E-state index in [0.29, 0.717) is 26.5 Å². The molecule has 0 atom stereocenters. The van der Waals surface area contributed by atoms with Gasteiger partial charge in [0, 0.05) is 23.7 Å². The summed E-state index contributed by atoms with van der Waals surface area (Å²) in [6.07, 6.45) is 1.94. The number of hydrogen-bond donors (Lipinski definition) is 1. The van der Waals surface area contributed by atoms with Gasteiger partial charge in [-0.3, -0.25) is 14.5 Å². The minimum atomic E-state index is -0.197. The maximum Gasteiger partial charge on any atom is 0.266 e. The molecule has 1 saturated heterocycles. The Balaban J connectivity index is 1.58. The van der Waals surface area contributed by atoms with Crippen LogP contribution in [0.15, 0.2) is 53.4 Å². The Bertz CT molecular complexity index is 943. The molecule has 0 aliphatic carbocycles. The number of hydrogen-bond acceptors (Lipinski definition) is 5. The number of benzene rings is 2. The first-order chi connectivity index (χ1) is 14.0. The molecular weight excluding hydrogens is 428 g/mol. The Kier molecular flexibility index (Phi) is 7.30. The summed E-state index contributed by atoms with van der Waals surface area (Å²) < 4.78 is 5.87. The largest absolute Gasteiger partial charge is 0.494 e. The highest BCUT2D eigenvalue weighted by molar-refractivity contribution is 8.26. The Morgan fingerprint density at radius 3 is 2.55 bits per heavy atom. The molecule has 1 aliphatic heterocycles. The molecule has 0 bridgehead atoms. The van der Waals surface area contributed by atoms with Gasteiger partial charge in [-0.2, -0.15) is 0 Å². The van der Waals surface area contributed by atoms with E-state index in [2.05, 4.69) is 5.32 Å². The van der Waals surface area contributed by atoms with Crippen LogP contribution < -0.4 is 10.1 Å². The number of carbonyl (C=O) groups is 2. The van der Waals surface area contributed by atoms with Crippen LogP contribution in [0.2, 0.25) is 5.02 Å². The monoisotopic (exact) mass is 446 g/mol. The summed E-state index contributed by atoms with van der Waals surface area (Å²) in [6, 6.07) is 14.3. The number of nitrogens with zero attached hydrogens (tertiary/aromatic N) is 1. The first-order valence-electron chi connectivity index (χ1n) is 9.00. The smallest absolute Gasteiger partial charge is 0.266 e. The Morgan fingerprint density at radius 2 is 1.90 bits per heavy atom.